The number of carbonyl (C=O) groups is 2. The SMILES string of the molecule is CCOc1ccc(NC(=O)c2ccc(OCC(=O)N3CCCCC3)c(OCC)c2)cc1F. The van der Waals surface area contributed by atoms with Gasteiger partial charge in [0.25, 0.3) is 11.8 Å². The summed E-state index contributed by atoms with van der Waals surface area (Å²) in [6, 6.07) is 8.96. The molecule has 1 saturated heterocycles. The fourth-order valence-corrected chi connectivity index (χ4v) is 3.47. The Balaban J connectivity index is 1.67. The molecule has 172 valence electrons. The summed E-state index contributed by atoms with van der Waals surface area (Å²) in [7, 11) is 0. The molecule has 0 aromatic heterocycles. The van der Waals surface area contributed by atoms with Crippen LogP contribution in [-0.4, -0.2) is 49.6 Å². The zero-order valence-electron chi connectivity index (χ0n) is 18.5. The van der Waals surface area contributed by atoms with Crippen LogP contribution in [0, 0.1) is 5.82 Å². The summed E-state index contributed by atoms with van der Waals surface area (Å²) in [4.78, 5) is 26.8. The summed E-state index contributed by atoms with van der Waals surface area (Å²) in [6.07, 6.45) is 3.17. The molecule has 32 heavy (non-hydrogen) atoms. The lowest BCUT2D eigenvalue weighted by molar-refractivity contribution is -0.134. The summed E-state index contributed by atoms with van der Waals surface area (Å²) in [5.41, 5.74) is 0.624. The number of anilines is 1. The van der Waals surface area contributed by atoms with E-state index >= 15 is 0 Å². The predicted molar refractivity (Wildman–Crippen MR) is 119 cm³/mol. The van der Waals surface area contributed by atoms with Crippen LogP contribution in [0.3, 0.4) is 0 Å². The van der Waals surface area contributed by atoms with E-state index in [4.69, 9.17) is 14.2 Å². The fourth-order valence-electron chi connectivity index (χ4n) is 3.47. The van der Waals surface area contributed by atoms with Gasteiger partial charge in [0, 0.05) is 30.4 Å². The van der Waals surface area contributed by atoms with Gasteiger partial charge < -0.3 is 24.4 Å². The number of benzene rings is 2. The van der Waals surface area contributed by atoms with Crippen LogP contribution in [0.5, 0.6) is 17.2 Å². The van der Waals surface area contributed by atoms with Gasteiger partial charge in [0.05, 0.1) is 13.2 Å². The minimum Gasteiger partial charge on any atom is -0.491 e. The van der Waals surface area contributed by atoms with Crippen LogP contribution >= 0.6 is 0 Å². The first kappa shape index (κ1) is 23.4. The molecule has 0 radical (unpaired) electrons. The van der Waals surface area contributed by atoms with E-state index in [1.54, 1.807) is 31.2 Å². The molecule has 2 amide bonds. The number of nitrogens with zero attached hydrogens (tertiary/aromatic N) is 1. The van der Waals surface area contributed by atoms with Gasteiger partial charge in [-0.25, -0.2) is 4.39 Å². The van der Waals surface area contributed by atoms with Gasteiger partial charge in [-0.3, -0.25) is 9.59 Å². The van der Waals surface area contributed by atoms with E-state index in [0.29, 0.717) is 36.0 Å². The highest BCUT2D eigenvalue weighted by Crippen LogP contribution is 2.29. The van der Waals surface area contributed by atoms with Crippen molar-refractivity contribution in [2.75, 3.05) is 38.2 Å². The van der Waals surface area contributed by atoms with E-state index < -0.39 is 11.7 Å². The molecule has 0 bridgehead atoms. The summed E-state index contributed by atoms with van der Waals surface area (Å²) in [5.74, 6) is -0.159. The minimum absolute atomic E-state index is 0.0634. The number of halogens is 1. The zero-order valence-corrected chi connectivity index (χ0v) is 18.5. The van der Waals surface area contributed by atoms with Gasteiger partial charge in [-0.15, -0.1) is 0 Å². The summed E-state index contributed by atoms with van der Waals surface area (Å²) >= 11 is 0. The Kier molecular flexibility index (Phi) is 8.30. The fraction of sp³-hybridized carbons (Fsp3) is 0.417. The van der Waals surface area contributed by atoms with Crippen molar-refractivity contribution < 1.29 is 28.2 Å². The van der Waals surface area contributed by atoms with Crippen LogP contribution in [-0.2, 0) is 4.79 Å². The number of hydrogen-bond donors (Lipinski definition) is 1. The van der Waals surface area contributed by atoms with Crippen LogP contribution in [0.25, 0.3) is 0 Å². The Morgan fingerprint density at radius 1 is 0.906 bits per heavy atom. The third-order valence-electron chi connectivity index (χ3n) is 5.06. The molecular weight excluding hydrogens is 415 g/mol. The Bertz CT molecular complexity index is 944. The standard InChI is InChI=1S/C24H29FN2O5/c1-3-30-20-11-9-18(15-19(20)25)26-24(29)17-8-10-21(22(14-17)31-4-2)32-16-23(28)27-12-6-5-7-13-27/h8-11,14-15H,3-7,12-13,16H2,1-2H3,(H,26,29). The molecule has 0 unspecified atom stereocenters. The number of hydrogen-bond acceptors (Lipinski definition) is 5. The topological polar surface area (TPSA) is 77.1 Å². The third kappa shape index (κ3) is 6.12. The summed E-state index contributed by atoms with van der Waals surface area (Å²) in [6.45, 7) is 5.72. The van der Waals surface area contributed by atoms with Gasteiger partial charge in [-0.1, -0.05) is 0 Å². The van der Waals surface area contributed by atoms with Crippen LogP contribution in [0.15, 0.2) is 36.4 Å². The lowest BCUT2D eigenvalue weighted by Crippen LogP contribution is -2.38. The maximum atomic E-state index is 14.0. The van der Waals surface area contributed by atoms with Crippen molar-refractivity contribution in [3.05, 3.63) is 47.8 Å². The highest BCUT2D eigenvalue weighted by atomic mass is 19.1. The molecular formula is C24H29FN2O5. The Hall–Kier alpha value is -3.29. The van der Waals surface area contributed by atoms with Crippen molar-refractivity contribution >= 4 is 17.5 Å². The maximum Gasteiger partial charge on any atom is 0.260 e. The van der Waals surface area contributed by atoms with Crippen molar-refractivity contribution in [2.45, 2.75) is 33.1 Å². The molecule has 0 spiro atoms. The molecule has 1 fully saturated rings. The van der Waals surface area contributed by atoms with E-state index in [-0.39, 0.29) is 18.3 Å². The number of ether oxygens (including phenoxy) is 3. The molecule has 0 aliphatic carbocycles. The molecule has 1 heterocycles. The maximum absolute atomic E-state index is 14.0. The third-order valence-corrected chi connectivity index (χ3v) is 5.06. The molecule has 7 nitrogen and oxygen atoms in total. The van der Waals surface area contributed by atoms with Gasteiger partial charge in [0.15, 0.2) is 29.7 Å². The number of nitrogens with one attached hydrogen (secondary N) is 1. The highest BCUT2D eigenvalue weighted by molar-refractivity contribution is 6.04. The van der Waals surface area contributed by atoms with E-state index in [9.17, 15) is 14.0 Å². The van der Waals surface area contributed by atoms with Crippen molar-refractivity contribution in [2.24, 2.45) is 0 Å². The second-order valence-corrected chi connectivity index (χ2v) is 7.36. The van der Waals surface area contributed by atoms with Gasteiger partial charge in [-0.05, 0) is 63.4 Å². The molecule has 1 aliphatic rings. The molecule has 1 aliphatic heterocycles. The van der Waals surface area contributed by atoms with Crippen molar-refractivity contribution in [1.82, 2.24) is 4.90 Å². The van der Waals surface area contributed by atoms with E-state index in [1.807, 2.05) is 11.8 Å². The van der Waals surface area contributed by atoms with Gasteiger partial charge in [0.2, 0.25) is 0 Å². The quantitative estimate of drug-likeness (QED) is 0.625. The number of likely N-dealkylation sites (tertiary alicyclic amines) is 1. The van der Waals surface area contributed by atoms with Crippen LogP contribution in [0.4, 0.5) is 10.1 Å². The smallest absolute Gasteiger partial charge is 0.260 e. The first-order chi connectivity index (χ1) is 15.5. The second-order valence-electron chi connectivity index (χ2n) is 7.36. The average molecular weight is 445 g/mol. The summed E-state index contributed by atoms with van der Waals surface area (Å²) in [5, 5.41) is 2.66. The van der Waals surface area contributed by atoms with E-state index in [2.05, 4.69) is 5.32 Å². The normalized spacial score (nSPS) is 13.4. The largest absolute Gasteiger partial charge is 0.491 e. The van der Waals surface area contributed by atoms with Gasteiger partial charge in [0.1, 0.15) is 0 Å². The molecule has 3 rings (SSSR count). The molecule has 0 atom stereocenters. The number of carbonyl (C=O) groups excluding carboxylic acids is 2. The Labute approximate surface area is 187 Å². The predicted octanol–water partition coefficient (Wildman–Crippen LogP) is 4.27. The van der Waals surface area contributed by atoms with E-state index in [0.717, 1.165) is 32.4 Å². The highest BCUT2D eigenvalue weighted by Gasteiger charge is 2.18. The van der Waals surface area contributed by atoms with Gasteiger partial charge in [-0.2, -0.15) is 0 Å². The van der Waals surface area contributed by atoms with E-state index in [1.165, 1.54) is 12.1 Å². The minimum atomic E-state index is -0.554. The van der Waals surface area contributed by atoms with Crippen LogP contribution in [0.2, 0.25) is 0 Å². The number of amides is 2. The van der Waals surface area contributed by atoms with Crippen molar-refractivity contribution in [3.63, 3.8) is 0 Å². The Morgan fingerprint density at radius 2 is 1.59 bits per heavy atom. The monoisotopic (exact) mass is 444 g/mol. The Morgan fingerprint density at radius 3 is 2.28 bits per heavy atom. The second kappa shape index (κ2) is 11.4. The molecule has 1 N–H and O–H groups in total. The average Bonchev–Trinajstić information content (AvgIpc) is 2.80. The number of piperidine rings is 1. The molecule has 2 aromatic rings. The van der Waals surface area contributed by atoms with Crippen molar-refractivity contribution in [3.8, 4) is 17.2 Å². The molecule has 8 heteroatoms. The van der Waals surface area contributed by atoms with Crippen molar-refractivity contribution in [1.29, 1.82) is 0 Å². The molecule has 0 saturated carbocycles. The van der Waals surface area contributed by atoms with Gasteiger partial charge >= 0.3 is 0 Å². The first-order valence-corrected chi connectivity index (χ1v) is 10.9. The lowest BCUT2D eigenvalue weighted by Gasteiger charge is -2.26. The lowest BCUT2D eigenvalue weighted by atomic mass is 10.1. The summed E-state index contributed by atoms with van der Waals surface area (Å²) < 4.78 is 30.5. The first-order valence-electron chi connectivity index (χ1n) is 10.9. The zero-order chi connectivity index (χ0) is 22.9. The van der Waals surface area contributed by atoms with Crippen LogP contribution < -0.4 is 19.5 Å². The van der Waals surface area contributed by atoms with Crippen LogP contribution in [0.1, 0.15) is 43.5 Å². The molecule has 2 aromatic carbocycles. The number of rotatable bonds is 9.